The molecular weight excluding hydrogens is 204 g/mol. The fraction of sp³-hybridized carbons (Fsp3) is 0.750. The Morgan fingerprint density at radius 1 is 1.40 bits per heavy atom. The summed E-state index contributed by atoms with van der Waals surface area (Å²) in [6.07, 6.45) is 4.77. The van der Waals surface area contributed by atoms with Gasteiger partial charge in [0.25, 0.3) is 0 Å². The van der Waals surface area contributed by atoms with Crippen molar-refractivity contribution in [2.75, 3.05) is 6.54 Å². The Morgan fingerprint density at radius 2 is 2.13 bits per heavy atom. The van der Waals surface area contributed by atoms with Crippen LogP contribution in [-0.4, -0.2) is 17.6 Å². The average molecular weight is 226 g/mol. The molecule has 1 aromatic rings. The maximum Gasteiger partial charge on any atom is 0.0928 e. The molecule has 2 nitrogen and oxygen atoms in total. The number of aryl methyl sites for hydroxylation is 2. The minimum absolute atomic E-state index is 0.697. The van der Waals surface area contributed by atoms with Gasteiger partial charge in [-0.3, -0.25) is 0 Å². The number of nitrogens with zero attached hydrogens (tertiary/aromatic N) is 1. The SMILES string of the molecule is CCC(CC)NCCCc1nc(C)cs1. The standard InChI is InChI=1S/C12H22N2S/c1-4-11(5-2)13-8-6-7-12-14-10(3)9-15-12/h9,11,13H,4-8H2,1-3H3. The van der Waals surface area contributed by atoms with Crippen molar-refractivity contribution in [2.24, 2.45) is 0 Å². The lowest BCUT2D eigenvalue weighted by Crippen LogP contribution is -2.28. The van der Waals surface area contributed by atoms with Gasteiger partial charge in [0.1, 0.15) is 0 Å². The summed E-state index contributed by atoms with van der Waals surface area (Å²) in [5, 5.41) is 6.98. The molecule has 0 fully saturated rings. The number of hydrogen-bond donors (Lipinski definition) is 1. The molecule has 3 heteroatoms. The van der Waals surface area contributed by atoms with Gasteiger partial charge in [-0.05, 0) is 32.7 Å². The van der Waals surface area contributed by atoms with Crippen LogP contribution in [0.25, 0.3) is 0 Å². The van der Waals surface area contributed by atoms with Gasteiger partial charge in [-0.2, -0.15) is 0 Å². The van der Waals surface area contributed by atoms with Crippen LogP contribution in [0.2, 0.25) is 0 Å². The summed E-state index contributed by atoms with van der Waals surface area (Å²) >= 11 is 1.78. The molecule has 0 aromatic carbocycles. The van der Waals surface area contributed by atoms with Crippen LogP contribution in [0.1, 0.15) is 43.8 Å². The Kier molecular flexibility index (Phi) is 5.88. The fourth-order valence-electron chi connectivity index (χ4n) is 1.64. The van der Waals surface area contributed by atoms with Gasteiger partial charge >= 0.3 is 0 Å². The molecule has 0 aliphatic carbocycles. The van der Waals surface area contributed by atoms with Crippen molar-refractivity contribution in [3.63, 3.8) is 0 Å². The van der Waals surface area contributed by atoms with E-state index in [2.05, 4.69) is 36.5 Å². The van der Waals surface area contributed by atoms with E-state index in [0.29, 0.717) is 6.04 Å². The quantitative estimate of drug-likeness (QED) is 0.722. The molecular formula is C12H22N2S. The molecule has 0 aliphatic heterocycles. The summed E-state index contributed by atoms with van der Waals surface area (Å²) in [4.78, 5) is 4.46. The average Bonchev–Trinajstić information content (AvgIpc) is 2.65. The van der Waals surface area contributed by atoms with E-state index in [-0.39, 0.29) is 0 Å². The second-order valence-electron chi connectivity index (χ2n) is 3.95. The van der Waals surface area contributed by atoms with E-state index >= 15 is 0 Å². The minimum Gasteiger partial charge on any atom is -0.314 e. The summed E-state index contributed by atoms with van der Waals surface area (Å²) in [7, 11) is 0. The zero-order valence-electron chi connectivity index (χ0n) is 10.0. The molecule has 1 aromatic heterocycles. The monoisotopic (exact) mass is 226 g/mol. The van der Waals surface area contributed by atoms with Gasteiger partial charge in [-0.15, -0.1) is 11.3 Å². The van der Waals surface area contributed by atoms with Gasteiger partial charge in [0.2, 0.25) is 0 Å². The fourth-order valence-corrected chi connectivity index (χ4v) is 2.46. The first-order valence-electron chi connectivity index (χ1n) is 5.90. The largest absolute Gasteiger partial charge is 0.314 e. The minimum atomic E-state index is 0.697. The molecule has 86 valence electrons. The molecule has 1 rings (SSSR count). The highest BCUT2D eigenvalue weighted by atomic mass is 32.1. The Labute approximate surface area is 97.1 Å². The molecule has 0 amide bonds. The predicted octanol–water partition coefficient (Wildman–Crippen LogP) is 3.16. The third kappa shape index (κ3) is 4.76. The van der Waals surface area contributed by atoms with E-state index in [9.17, 15) is 0 Å². The zero-order chi connectivity index (χ0) is 11.1. The Balaban J connectivity index is 2.11. The van der Waals surface area contributed by atoms with Crippen LogP contribution in [0.3, 0.4) is 0 Å². The van der Waals surface area contributed by atoms with Crippen molar-refractivity contribution in [1.82, 2.24) is 10.3 Å². The first kappa shape index (κ1) is 12.7. The molecule has 0 aliphatic rings. The van der Waals surface area contributed by atoms with E-state index in [4.69, 9.17) is 0 Å². The van der Waals surface area contributed by atoms with Crippen LogP contribution < -0.4 is 5.32 Å². The molecule has 0 saturated carbocycles. The van der Waals surface area contributed by atoms with E-state index in [1.54, 1.807) is 11.3 Å². The zero-order valence-corrected chi connectivity index (χ0v) is 10.9. The lowest BCUT2D eigenvalue weighted by molar-refractivity contribution is 0.479. The van der Waals surface area contributed by atoms with Crippen molar-refractivity contribution in [1.29, 1.82) is 0 Å². The number of aromatic nitrogens is 1. The van der Waals surface area contributed by atoms with Crippen LogP contribution in [0, 0.1) is 6.92 Å². The Bertz CT molecular complexity index is 266. The van der Waals surface area contributed by atoms with E-state index in [0.717, 1.165) is 18.7 Å². The smallest absolute Gasteiger partial charge is 0.0928 e. The Morgan fingerprint density at radius 3 is 2.67 bits per heavy atom. The second-order valence-corrected chi connectivity index (χ2v) is 4.90. The molecule has 0 bridgehead atoms. The first-order valence-corrected chi connectivity index (χ1v) is 6.78. The topological polar surface area (TPSA) is 24.9 Å². The highest BCUT2D eigenvalue weighted by molar-refractivity contribution is 7.09. The van der Waals surface area contributed by atoms with Gasteiger partial charge in [-0.25, -0.2) is 4.98 Å². The maximum absolute atomic E-state index is 4.46. The molecule has 0 radical (unpaired) electrons. The van der Waals surface area contributed by atoms with Gasteiger partial charge in [0, 0.05) is 23.5 Å². The summed E-state index contributed by atoms with van der Waals surface area (Å²) in [5.41, 5.74) is 1.16. The van der Waals surface area contributed by atoms with Crippen LogP contribution in [-0.2, 0) is 6.42 Å². The number of thiazole rings is 1. The molecule has 15 heavy (non-hydrogen) atoms. The van der Waals surface area contributed by atoms with Crippen LogP contribution in [0.5, 0.6) is 0 Å². The number of hydrogen-bond acceptors (Lipinski definition) is 3. The Hall–Kier alpha value is -0.410. The lowest BCUT2D eigenvalue weighted by atomic mass is 10.1. The second kappa shape index (κ2) is 6.96. The molecule has 0 unspecified atom stereocenters. The van der Waals surface area contributed by atoms with E-state index in [1.807, 2.05) is 0 Å². The lowest BCUT2D eigenvalue weighted by Gasteiger charge is -2.13. The third-order valence-electron chi connectivity index (χ3n) is 2.65. The summed E-state index contributed by atoms with van der Waals surface area (Å²) in [6.45, 7) is 7.66. The molecule has 0 spiro atoms. The molecule has 0 saturated heterocycles. The van der Waals surface area contributed by atoms with Crippen LogP contribution >= 0.6 is 11.3 Å². The highest BCUT2D eigenvalue weighted by Crippen LogP contribution is 2.10. The molecule has 0 atom stereocenters. The van der Waals surface area contributed by atoms with Gasteiger partial charge in [0.05, 0.1) is 5.01 Å². The summed E-state index contributed by atoms with van der Waals surface area (Å²) in [5.74, 6) is 0. The van der Waals surface area contributed by atoms with Crippen molar-refractivity contribution in [3.05, 3.63) is 16.1 Å². The van der Waals surface area contributed by atoms with Crippen molar-refractivity contribution >= 4 is 11.3 Å². The summed E-state index contributed by atoms with van der Waals surface area (Å²) in [6, 6.07) is 0.697. The predicted molar refractivity (Wildman–Crippen MR) is 67.5 cm³/mol. The normalized spacial score (nSPS) is 11.2. The van der Waals surface area contributed by atoms with Crippen LogP contribution in [0.4, 0.5) is 0 Å². The molecule has 1 N–H and O–H groups in total. The maximum atomic E-state index is 4.46. The number of nitrogens with one attached hydrogen (secondary N) is 1. The third-order valence-corrected chi connectivity index (χ3v) is 3.68. The highest BCUT2D eigenvalue weighted by Gasteiger charge is 2.02. The first-order chi connectivity index (χ1) is 7.26. The van der Waals surface area contributed by atoms with E-state index in [1.165, 1.54) is 24.3 Å². The van der Waals surface area contributed by atoms with Crippen molar-refractivity contribution < 1.29 is 0 Å². The molecule has 1 heterocycles. The van der Waals surface area contributed by atoms with Crippen molar-refractivity contribution in [2.45, 2.75) is 52.5 Å². The van der Waals surface area contributed by atoms with Crippen LogP contribution in [0.15, 0.2) is 5.38 Å². The van der Waals surface area contributed by atoms with Gasteiger partial charge in [0.15, 0.2) is 0 Å². The van der Waals surface area contributed by atoms with Crippen molar-refractivity contribution in [3.8, 4) is 0 Å². The number of rotatable bonds is 7. The van der Waals surface area contributed by atoms with E-state index < -0.39 is 0 Å². The van der Waals surface area contributed by atoms with Gasteiger partial charge < -0.3 is 5.32 Å². The van der Waals surface area contributed by atoms with Gasteiger partial charge in [-0.1, -0.05) is 13.8 Å². The summed E-state index contributed by atoms with van der Waals surface area (Å²) < 4.78 is 0.